The minimum absolute atomic E-state index is 0.0196. The van der Waals surface area contributed by atoms with E-state index < -0.39 is 17.0 Å². The molecule has 29 heavy (non-hydrogen) atoms. The maximum Gasteiger partial charge on any atom is 0.157 e. The number of aldehydes is 2. The summed E-state index contributed by atoms with van der Waals surface area (Å²) in [5.74, 6) is -1.04. The number of hydrogen-bond donors (Lipinski definition) is 3. The van der Waals surface area contributed by atoms with Gasteiger partial charge in [-0.15, -0.1) is 0 Å². The Kier molecular flexibility index (Phi) is 5.28. The van der Waals surface area contributed by atoms with E-state index in [2.05, 4.69) is 13.8 Å². The number of carbonyl (C=O) groups is 2. The van der Waals surface area contributed by atoms with Gasteiger partial charge in [0.15, 0.2) is 12.6 Å². The van der Waals surface area contributed by atoms with Crippen LogP contribution in [0.15, 0.2) is 12.2 Å². The van der Waals surface area contributed by atoms with Gasteiger partial charge in [-0.25, -0.2) is 0 Å². The van der Waals surface area contributed by atoms with Crippen LogP contribution >= 0.6 is 0 Å². The number of rotatable bonds is 5. The van der Waals surface area contributed by atoms with Crippen molar-refractivity contribution in [2.24, 2.45) is 17.8 Å². The molecule has 1 aliphatic heterocycles. The van der Waals surface area contributed by atoms with Gasteiger partial charge in [-0.2, -0.15) is 0 Å². The van der Waals surface area contributed by atoms with E-state index in [-0.39, 0.29) is 46.3 Å². The summed E-state index contributed by atoms with van der Waals surface area (Å²) < 4.78 is 6.23. The molecule has 1 aliphatic carbocycles. The second-order valence-electron chi connectivity index (χ2n) is 9.31. The van der Waals surface area contributed by atoms with Crippen LogP contribution in [-0.2, 0) is 0 Å². The molecule has 0 spiro atoms. The smallest absolute Gasteiger partial charge is 0.157 e. The van der Waals surface area contributed by atoms with Crippen molar-refractivity contribution in [3.63, 3.8) is 0 Å². The van der Waals surface area contributed by atoms with Gasteiger partial charge in [0.05, 0.1) is 16.7 Å². The normalized spacial score (nSPS) is 30.6. The zero-order chi connectivity index (χ0) is 21.7. The molecule has 0 aromatic heterocycles. The van der Waals surface area contributed by atoms with Crippen LogP contribution < -0.4 is 4.74 Å². The summed E-state index contributed by atoms with van der Waals surface area (Å²) in [4.78, 5) is 23.3. The van der Waals surface area contributed by atoms with E-state index in [1.807, 2.05) is 26.8 Å². The molecular weight excluding hydrogens is 372 g/mol. The number of aliphatic hydroxyl groups is 1. The van der Waals surface area contributed by atoms with Gasteiger partial charge >= 0.3 is 0 Å². The zero-order valence-electron chi connectivity index (χ0n) is 17.6. The number of carbonyl (C=O) groups excluding carboxylic acids is 2. The molecule has 6 nitrogen and oxygen atoms in total. The SMILES string of the molecule is CC(C)C[C@@H]1c2c(O)c(C=O)c(O)c(C=O)c2O[C@]2(C)C=C[C@@](O)(C(C)C)CC12. The van der Waals surface area contributed by atoms with Crippen molar-refractivity contribution in [3.05, 3.63) is 28.8 Å². The largest absolute Gasteiger partial charge is 0.507 e. The lowest BCUT2D eigenvalue weighted by atomic mass is 9.61. The van der Waals surface area contributed by atoms with Crippen molar-refractivity contribution in [1.29, 1.82) is 0 Å². The maximum atomic E-state index is 11.8. The summed E-state index contributed by atoms with van der Waals surface area (Å²) in [6.45, 7) is 9.90. The van der Waals surface area contributed by atoms with Crippen molar-refractivity contribution >= 4 is 12.6 Å². The van der Waals surface area contributed by atoms with Crippen LogP contribution in [0, 0.1) is 17.8 Å². The van der Waals surface area contributed by atoms with Crippen LogP contribution in [0.5, 0.6) is 17.2 Å². The number of phenolic OH excluding ortho intramolecular Hbond substituents is 2. The Morgan fingerprint density at radius 2 is 1.72 bits per heavy atom. The Morgan fingerprint density at radius 3 is 2.24 bits per heavy atom. The quantitative estimate of drug-likeness (QED) is 0.509. The van der Waals surface area contributed by atoms with E-state index in [4.69, 9.17) is 4.74 Å². The molecule has 0 saturated carbocycles. The minimum Gasteiger partial charge on any atom is -0.507 e. The molecule has 1 aromatic carbocycles. The molecule has 2 aliphatic rings. The molecule has 3 rings (SSSR count). The highest BCUT2D eigenvalue weighted by atomic mass is 16.5. The van der Waals surface area contributed by atoms with Gasteiger partial charge in [-0.1, -0.05) is 33.8 Å². The second-order valence-corrected chi connectivity index (χ2v) is 9.31. The summed E-state index contributed by atoms with van der Waals surface area (Å²) in [5.41, 5.74) is -1.92. The third kappa shape index (κ3) is 3.23. The topological polar surface area (TPSA) is 104 Å². The predicted octanol–water partition coefficient (Wildman–Crippen LogP) is 3.97. The molecule has 0 radical (unpaired) electrons. The van der Waals surface area contributed by atoms with Gasteiger partial charge in [0.25, 0.3) is 0 Å². The van der Waals surface area contributed by atoms with Crippen molar-refractivity contribution < 1.29 is 29.6 Å². The molecule has 3 N–H and O–H groups in total. The average Bonchev–Trinajstić information content (AvgIpc) is 2.63. The minimum atomic E-state index is -1.02. The lowest BCUT2D eigenvalue weighted by Crippen LogP contribution is -2.53. The molecule has 0 fully saturated rings. The van der Waals surface area contributed by atoms with Crippen LogP contribution in [-0.4, -0.2) is 39.1 Å². The molecular formula is C23H30O6. The molecule has 4 atom stereocenters. The van der Waals surface area contributed by atoms with Crippen molar-refractivity contribution in [3.8, 4) is 17.2 Å². The first kappa shape index (κ1) is 21.4. The fourth-order valence-electron chi connectivity index (χ4n) is 4.78. The summed E-state index contributed by atoms with van der Waals surface area (Å²) in [6, 6.07) is 0. The summed E-state index contributed by atoms with van der Waals surface area (Å²) >= 11 is 0. The maximum absolute atomic E-state index is 11.8. The van der Waals surface area contributed by atoms with Gasteiger partial charge in [0.1, 0.15) is 22.8 Å². The van der Waals surface area contributed by atoms with Gasteiger partial charge in [0.2, 0.25) is 0 Å². The van der Waals surface area contributed by atoms with Gasteiger partial charge in [0, 0.05) is 11.5 Å². The highest BCUT2D eigenvalue weighted by Crippen LogP contribution is 2.58. The third-order valence-electron chi connectivity index (χ3n) is 6.64. The molecule has 158 valence electrons. The van der Waals surface area contributed by atoms with Gasteiger partial charge in [-0.05, 0) is 43.6 Å². The Bertz CT molecular complexity index is 871. The van der Waals surface area contributed by atoms with Crippen molar-refractivity contribution in [2.75, 3.05) is 0 Å². The molecule has 0 bridgehead atoms. The molecule has 1 unspecified atom stereocenters. The molecule has 1 heterocycles. The van der Waals surface area contributed by atoms with Crippen molar-refractivity contribution in [1.82, 2.24) is 0 Å². The standard InChI is InChI=1S/C23H30O6/c1-12(2)8-14-17-9-23(28,13(3)4)7-6-22(17,5)29-21-16(11-25)19(26)15(10-24)20(27)18(14)21/h6-7,10-14,17,26-28H,8-9H2,1-5H3/t14-,17?,22+,23-/m0/s1. The van der Waals surface area contributed by atoms with E-state index in [1.165, 1.54) is 0 Å². The number of fused-ring (bicyclic) bond motifs is 2. The monoisotopic (exact) mass is 402 g/mol. The highest BCUT2D eigenvalue weighted by molar-refractivity contribution is 5.95. The highest BCUT2D eigenvalue weighted by Gasteiger charge is 2.53. The Morgan fingerprint density at radius 1 is 1.10 bits per heavy atom. The Labute approximate surface area is 171 Å². The van der Waals surface area contributed by atoms with Crippen LogP contribution in [0.3, 0.4) is 0 Å². The van der Waals surface area contributed by atoms with Gasteiger partial charge < -0.3 is 20.1 Å². The first-order chi connectivity index (χ1) is 13.5. The van der Waals surface area contributed by atoms with E-state index >= 15 is 0 Å². The Hall–Kier alpha value is -2.34. The summed E-state index contributed by atoms with van der Waals surface area (Å²) in [5, 5.41) is 32.4. The van der Waals surface area contributed by atoms with E-state index in [1.54, 1.807) is 6.08 Å². The molecule has 1 aromatic rings. The number of ether oxygens (including phenoxy) is 1. The number of hydrogen-bond acceptors (Lipinski definition) is 6. The lowest BCUT2D eigenvalue weighted by molar-refractivity contribution is -0.0569. The Balaban J connectivity index is 2.30. The predicted molar refractivity (Wildman–Crippen MR) is 109 cm³/mol. The van der Waals surface area contributed by atoms with Crippen molar-refractivity contribution in [2.45, 2.75) is 64.6 Å². The molecule has 6 heteroatoms. The number of benzene rings is 1. The number of phenols is 2. The second kappa shape index (κ2) is 7.17. The van der Waals surface area contributed by atoms with E-state index in [0.29, 0.717) is 31.0 Å². The average molecular weight is 402 g/mol. The van der Waals surface area contributed by atoms with E-state index in [9.17, 15) is 24.9 Å². The van der Waals surface area contributed by atoms with Crippen LogP contribution in [0.4, 0.5) is 0 Å². The third-order valence-corrected chi connectivity index (χ3v) is 6.64. The van der Waals surface area contributed by atoms with Crippen LogP contribution in [0.2, 0.25) is 0 Å². The van der Waals surface area contributed by atoms with Crippen LogP contribution in [0.1, 0.15) is 79.7 Å². The first-order valence-corrected chi connectivity index (χ1v) is 10.1. The number of aromatic hydroxyl groups is 2. The fraction of sp³-hybridized carbons (Fsp3) is 0.565. The van der Waals surface area contributed by atoms with E-state index in [0.717, 1.165) is 0 Å². The zero-order valence-corrected chi connectivity index (χ0v) is 17.6. The summed E-state index contributed by atoms with van der Waals surface area (Å²) in [7, 11) is 0. The first-order valence-electron chi connectivity index (χ1n) is 10.1. The molecule has 0 amide bonds. The lowest BCUT2D eigenvalue weighted by Gasteiger charge is -2.52. The van der Waals surface area contributed by atoms with Gasteiger partial charge in [-0.3, -0.25) is 9.59 Å². The van der Waals surface area contributed by atoms with Crippen LogP contribution in [0.25, 0.3) is 0 Å². The molecule has 0 saturated heterocycles. The summed E-state index contributed by atoms with van der Waals surface area (Å²) in [6.07, 6.45) is 5.46. The fourth-order valence-corrected chi connectivity index (χ4v) is 4.78.